The molecular weight excluding hydrogens is 709 g/mol. The third-order valence-electron chi connectivity index (χ3n) is 8.61. The number of primary amides is 1. The number of hydrogen-bond donors (Lipinski definition) is 1. The Balaban J connectivity index is 1.87. The smallest absolute Gasteiger partial charge is 0.430 e. The third kappa shape index (κ3) is 7.19. The number of nitrogens with two attached hydrogens (primary N) is 1. The average molecular weight is 742 g/mol. The van der Waals surface area contributed by atoms with Crippen molar-refractivity contribution >= 4 is 24.0 Å². The molecule has 1 fully saturated rings. The van der Waals surface area contributed by atoms with Crippen LogP contribution >= 0.6 is 0 Å². The van der Waals surface area contributed by atoms with Crippen molar-refractivity contribution in [1.82, 2.24) is 0 Å². The van der Waals surface area contributed by atoms with Crippen molar-refractivity contribution in [2.75, 3.05) is 0 Å². The summed E-state index contributed by atoms with van der Waals surface area (Å²) in [5.41, 5.74) is -4.25. The molecule has 4 rings (SSSR count). The first-order valence-electron chi connectivity index (χ1n) is 14.7. The van der Waals surface area contributed by atoms with Crippen molar-refractivity contribution < 1.29 is 62.2 Å². The van der Waals surface area contributed by atoms with Crippen molar-refractivity contribution in [2.45, 2.75) is 84.8 Å². The Morgan fingerprint density at radius 1 is 0.837 bits per heavy atom. The van der Waals surface area contributed by atoms with Gasteiger partial charge in [0.25, 0.3) is 5.60 Å². The largest absolute Gasteiger partial charge is 0.443 e. The maximum absolute atomic E-state index is 14.5. The number of sulfone groups is 1. The fourth-order valence-electron chi connectivity index (χ4n) is 6.09. The Labute approximate surface area is 277 Å². The van der Waals surface area contributed by atoms with Crippen LogP contribution in [0.25, 0.3) is 0 Å². The molecule has 268 valence electrons. The lowest BCUT2D eigenvalue weighted by Crippen LogP contribution is -2.61. The number of carbonyl (C=O) groups is 1. The van der Waals surface area contributed by atoms with Crippen LogP contribution in [0.4, 0.5) is 44.3 Å². The number of amides is 1. The number of carbonyl (C=O) groups excluding carboxylic acids is 1. The number of alkyl halides is 6. The van der Waals surface area contributed by atoms with Gasteiger partial charge >= 0.3 is 18.4 Å². The van der Waals surface area contributed by atoms with Gasteiger partial charge < -0.3 is 15.2 Å². The van der Waals surface area contributed by atoms with Gasteiger partial charge in [0.2, 0.25) is 0 Å². The van der Waals surface area contributed by atoms with Gasteiger partial charge in [-0.3, -0.25) is 0 Å². The van der Waals surface area contributed by atoms with E-state index in [0.29, 0.717) is 30.3 Å². The van der Waals surface area contributed by atoms with Crippen molar-refractivity contribution in [3.63, 3.8) is 0 Å². The summed E-state index contributed by atoms with van der Waals surface area (Å²) in [6.45, 7) is 4.23. The van der Waals surface area contributed by atoms with Gasteiger partial charge in [0.1, 0.15) is 27.8 Å². The first-order chi connectivity index (χ1) is 22.4. The Bertz CT molecular complexity index is 1750. The minimum atomic E-state index is -6.23. The quantitative estimate of drug-likeness (QED) is 0.121. The molecule has 0 bridgehead atoms. The van der Waals surface area contributed by atoms with Crippen LogP contribution < -0.4 is 5.73 Å². The van der Waals surface area contributed by atoms with Gasteiger partial charge in [-0.25, -0.2) is 26.4 Å². The van der Waals surface area contributed by atoms with E-state index in [1.54, 1.807) is 0 Å². The van der Waals surface area contributed by atoms with E-state index >= 15 is 0 Å². The van der Waals surface area contributed by atoms with Crippen molar-refractivity contribution in [2.24, 2.45) is 5.73 Å². The zero-order chi connectivity index (χ0) is 36.8. The molecule has 0 spiro atoms. The van der Waals surface area contributed by atoms with Crippen LogP contribution in [0.3, 0.4) is 0 Å². The summed E-state index contributed by atoms with van der Waals surface area (Å²) in [7, 11) is -6.45. The van der Waals surface area contributed by atoms with E-state index in [-0.39, 0.29) is 12.0 Å². The second-order valence-electron chi connectivity index (χ2n) is 13.2. The van der Waals surface area contributed by atoms with Crippen LogP contribution in [-0.4, -0.2) is 40.5 Å². The number of ether oxygens (including phenoxy) is 2. The lowest BCUT2D eigenvalue weighted by molar-refractivity contribution is -0.392. The lowest BCUT2D eigenvalue weighted by Gasteiger charge is -2.55. The van der Waals surface area contributed by atoms with Gasteiger partial charge in [0.05, 0.1) is 11.5 Å². The maximum atomic E-state index is 14.5. The molecule has 2 N–H and O–H groups in total. The van der Waals surface area contributed by atoms with Crippen molar-refractivity contribution in [3.8, 4) is 0 Å². The number of halogens is 9. The molecule has 1 aliphatic carbocycles. The SMILES string of the molecule is C[Si](C)(C)CCC1(OC(N)=O)CC(c2ccc(C(OCc3c(F)cccc3F)(C(F)(F)F)C(F)(F)F)cc2)(S(=O)(=O)c2ccc(F)cc2)C1. The van der Waals surface area contributed by atoms with Gasteiger partial charge in [0, 0.05) is 32.0 Å². The minimum absolute atomic E-state index is 0.163. The predicted molar refractivity (Wildman–Crippen MR) is 162 cm³/mol. The van der Waals surface area contributed by atoms with E-state index in [1.807, 2.05) is 19.6 Å². The minimum Gasteiger partial charge on any atom is -0.443 e. The molecule has 1 aliphatic rings. The molecule has 0 saturated heterocycles. The zero-order valence-electron chi connectivity index (χ0n) is 26.3. The predicted octanol–water partition coefficient (Wildman–Crippen LogP) is 8.67. The Hall–Kier alpha value is -3.57. The summed E-state index contributed by atoms with van der Waals surface area (Å²) in [5.74, 6) is -3.66. The highest BCUT2D eigenvalue weighted by molar-refractivity contribution is 7.92. The summed E-state index contributed by atoms with van der Waals surface area (Å²) >= 11 is 0. The van der Waals surface area contributed by atoms with E-state index in [9.17, 15) is 52.7 Å². The second-order valence-corrected chi connectivity index (χ2v) is 21.1. The summed E-state index contributed by atoms with van der Waals surface area (Å²) in [4.78, 5) is 11.5. The van der Waals surface area contributed by atoms with Crippen LogP contribution in [-0.2, 0) is 36.3 Å². The highest BCUT2D eigenvalue weighted by atomic mass is 32.2. The van der Waals surface area contributed by atoms with E-state index in [0.717, 1.165) is 42.5 Å². The molecule has 17 heteroatoms. The molecule has 0 radical (unpaired) electrons. The van der Waals surface area contributed by atoms with Gasteiger partial charge in [-0.2, -0.15) is 26.3 Å². The Morgan fingerprint density at radius 3 is 1.80 bits per heavy atom. The fraction of sp³-hybridized carbons (Fsp3) is 0.406. The van der Waals surface area contributed by atoms with Crippen LogP contribution in [0.15, 0.2) is 71.6 Å². The summed E-state index contributed by atoms with van der Waals surface area (Å²) < 4.78 is 165. The van der Waals surface area contributed by atoms with Crippen LogP contribution in [0.1, 0.15) is 36.0 Å². The maximum Gasteiger partial charge on any atom is 0.430 e. The van der Waals surface area contributed by atoms with E-state index < -0.39 is 105 Å². The fourth-order valence-corrected chi connectivity index (χ4v) is 9.59. The van der Waals surface area contributed by atoms with Crippen molar-refractivity contribution in [1.29, 1.82) is 0 Å². The molecule has 0 aromatic heterocycles. The highest BCUT2D eigenvalue weighted by Gasteiger charge is 2.74. The topological polar surface area (TPSA) is 95.7 Å². The van der Waals surface area contributed by atoms with Crippen molar-refractivity contribution in [3.05, 3.63) is 101 Å². The molecule has 1 saturated carbocycles. The molecule has 49 heavy (non-hydrogen) atoms. The first kappa shape index (κ1) is 38.2. The Kier molecular flexibility index (Phi) is 10.1. The van der Waals surface area contributed by atoms with E-state index in [1.165, 1.54) is 0 Å². The van der Waals surface area contributed by atoms with E-state index in [4.69, 9.17) is 10.5 Å². The van der Waals surface area contributed by atoms with Gasteiger partial charge in [-0.05, 0) is 48.4 Å². The van der Waals surface area contributed by atoms with Gasteiger partial charge in [-0.1, -0.05) is 56.0 Å². The lowest BCUT2D eigenvalue weighted by atomic mass is 9.65. The molecule has 0 aliphatic heterocycles. The molecular formula is C32H32F9NO5SSi. The van der Waals surface area contributed by atoms with Crippen LogP contribution in [0.2, 0.25) is 25.7 Å². The molecule has 0 unspecified atom stereocenters. The molecule has 3 aromatic carbocycles. The molecule has 0 atom stereocenters. The molecule has 1 amide bonds. The van der Waals surface area contributed by atoms with Gasteiger partial charge in [0.15, 0.2) is 9.84 Å². The number of rotatable bonds is 11. The monoisotopic (exact) mass is 741 g/mol. The van der Waals surface area contributed by atoms with Crippen LogP contribution in [0.5, 0.6) is 0 Å². The summed E-state index contributed by atoms with van der Waals surface area (Å²) in [6.07, 6.45) is -14.5. The molecule has 0 heterocycles. The standard InChI is InChI=1S/C32H32F9NO5SSi/c1-49(2,3)16-15-28(47-27(42)43)18-29(19-28,48(44,45)23-13-11-22(33)12-14-23)20-7-9-21(10-8-20)30(31(36,37)38,32(39,40)41)46-17-24-25(34)5-4-6-26(24)35/h4-14H,15-19H2,1-3H3,(H2,42,43). The second kappa shape index (κ2) is 13.0. The highest BCUT2D eigenvalue weighted by Crippen LogP contribution is 2.60. The average Bonchev–Trinajstić information content (AvgIpc) is 2.94. The van der Waals surface area contributed by atoms with Crippen LogP contribution in [0, 0.1) is 17.5 Å². The third-order valence-corrected chi connectivity index (χ3v) is 12.8. The summed E-state index contributed by atoms with van der Waals surface area (Å²) in [6, 6.07) is 8.48. The first-order valence-corrected chi connectivity index (χ1v) is 19.9. The number of benzene rings is 3. The molecule has 3 aromatic rings. The number of hydrogen-bond acceptors (Lipinski definition) is 5. The summed E-state index contributed by atoms with van der Waals surface area (Å²) in [5, 5.41) is 0. The zero-order valence-corrected chi connectivity index (χ0v) is 28.1. The molecule has 6 nitrogen and oxygen atoms in total. The Morgan fingerprint density at radius 2 is 1.35 bits per heavy atom. The van der Waals surface area contributed by atoms with E-state index in [2.05, 4.69) is 4.74 Å². The normalized spacial score (nSPS) is 20.5. The van der Waals surface area contributed by atoms with Gasteiger partial charge in [-0.15, -0.1) is 0 Å².